The Balaban J connectivity index is 1.70. The van der Waals surface area contributed by atoms with Crippen LogP contribution in [0.15, 0.2) is 18.2 Å². The van der Waals surface area contributed by atoms with Crippen LogP contribution in [0.1, 0.15) is 22.3 Å². The molecule has 5 nitrogen and oxygen atoms in total. The van der Waals surface area contributed by atoms with E-state index in [1.54, 1.807) is 12.1 Å². The number of benzene rings is 1. The van der Waals surface area contributed by atoms with Crippen LogP contribution in [0.25, 0.3) is 0 Å². The highest BCUT2D eigenvalue weighted by Crippen LogP contribution is 2.17. The van der Waals surface area contributed by atoms with E-state index in [2.05, 4.69) is 15.5 Å². The first-order valence-electron chi connectivity index (χ1n) is 7.18. The molecular formula is C15H23N3O2. The molecule has 5 heteroatoms. The summed E-state index contributed by atoms with van der Waals surface area (Å²) in [7, 11) is 0. The summed E-state index contributed by atoms with van der Waals surface area (Å²) in [5, 5.41) is 15.8. The minimum Gasteiger partial charge on any atom is -0.508 e. The van der Waals surface area contributed by atoms with E-state index < -0.39 is 0 Å². The molecule has 0 unspecified atom stereocenters. The number of hydrogen-bond donors (Lipinski definition) is 3. The number of carbonyl (C=O) groups is 1. The summed E-state index contributed by atoms with van der Waals surface area (Å²) >= 11 is 0. The zero-order valence-electron chi connectivity index (χ0n) is 12.0. The number of carbonyl (C=O) groups excluding carboxylic acids is 1. The van der Waals surface area contributed by atoms with Crippen LogP contribution < -0.4 is 10.6 Å². The van der Waals surface area contributed by atoms with Gasteiger partial charge in [-0.25, -0.2) is 0 Å². The zero-order chi connectivity index (χ0) is 14.4. The quantitative estimate of drug-likeness (QED) is 0.694. The first-order valence-corrected chi connectivity index (χ1v) is 7.18. The van der Waals surface area contributed by atoms with E-state index in [-0.39, 0.29) is 11.7 Å². The standard InChI is InChI=1S/C15H23N3O2/c1-12-3-4-13(11-14(12)19)15(20)17-5-2-8-18-9-6-16-7-10-18/h3-4,11,16,19H,2,5-10H2,1H3,(H,17,20). The molecule has 1 fully saturated rings. The van der Waals surface area contributed by atoms with Gasteiger partial charge < -0.3 is 20.6 Å². The summed E-state index contributed by atoms with van der Waals surface area (Å²) in [5.41, 5.74) is 1.29. The highest BCUT2D eigenvalue weighted by atomic mass is 16.3. The van der Waals surface area contributed by atoms with Gasteiger partial charge in [-0.1, -0.05) is 6.07 Å². The minimum absolute atomic E-state index is 0.124. The lowest BCUT2D eigenvalue weighted by Crippen LogP contribution is -2.44. The van der Waals surface area contributed by atoms with Crippen LogP contribution in [0, 0.1) is 6.92 Å². The van der Waals surface area contributed by atoms with Gasteiger partial charge >= 0.3 is 0 Å². The maximum absolute atomic E-state index is 11.9. The van der Waals surface area contributed by atoms with Gasteiger partial charge in [0.1, 0.15) is 5.75 Å². The molecule has 1 aliphatic rings. The third-order valence-electron chi connectivity index (χ3n) is 3.62. The zero-order valence-corrected chi connectivity index (χ0v) is 12.0. The molecule has 110 valence electrons. The molecule has 0 bridgehead atoms. The van der Waals surface area contributed by atoms with Crippen LogP contribution in [0.3, 0.4) is 0 Å². The lowest BCUT2D eigenvalue weighted by Gasteiger charge is -2.27. The Morgan fingerprint density at radius 2 is 2.15 bits per heavy atom. The van der Waals surface area contributed by atoms with Gasteiger partial charge in [0.05, 0.1) is 0 Å². The van der Waals surface area contributed by atoms with E-state index in [0.717, 1.165) is 44.7 Å². The van der Waals surface area contributed by atoms with Gasteiger partial charge in [0.2, 0.25) is 0 Å². The van der Waals surface area contributed by atoms with Crippen molar-refractivity contribution in [2.45, 2.75) is 13.3 Å². The predicted octanol–water partition coefficient (Wildman–Crippen LogP) is 0.726. The van der Waals surface area contributed by atoms with Crippen LogP contribution in [-0.2, 0) is 0 Å². The molecule has 1 amide bonds. The van der Waals surface area contributed by atoms with Gasteiger partial charge in [-0.05, 0) is 37.6 Å². The van der Waals surface area contributed by atoms with Crippen LogP contribution in [0.2, 0.25) is 0 Å². The Hall–Kier alpha value is -1.59. The highest BCUT2D eigenvalue weighted by molar-refractivity contribution is 5.94. The number of piperazine rings is 1. The number of amides is 1. The largest absolute Gasteiger partial charge is 0.508 e. The molecule has 0 radical (unpaired) electrons. The monoisotopic (exact) mass is 277 g/mol. The van der Waals surface area contributed by atoms with E-state index >= 15 is 0 Å². The number of hydrogen-bond acceptors (Lipinski definition) is 4. The molecule has 20 heavy (non-hydrogen) atoms. The Bertz CT molecular complexity index is 456. The van der Waals surface area contributed by atoms with Crippen molar-refractivity contribution in [2.24, 2.45) is 0 Å². The SMILES string of the molecule is Cc1ccc(C(=O)NCCCN2CCNCC2)cc1O. The van der Waals surface area contributed by atoms with E-state index in [1.807, 2.05) is 6.92 Å². The number of nitrogens with zero attached hydrogens (tertiary/aromatic N) is 1. The van der Waals surface area contributed by atoms with Gasteiger partial charge in [0, 0.05) is 38.3 Å². The van der Waals surface area contributed by atoms with Crippen molar-refractivity contribution in [1.29, 1.82) is 0 Å². The summed E-state index contributed by atoms with van der Waals surface area (Å²) in [6.07, 6.45) is 0.948. The van der Waals surface area contributed by atoms with Crippen molar-refractivity contribution >= 4 is 5.91 Å². The van der Waals surface area contributed by atoms with Crippen LogP contribution in [0.4, 0.5) is 0 Å². The van der Waals surface area contributed by atoms with Crippen molar-refractivity contribution in [3.05, 3.63) is 29.3 Å². The molecule has 0 atom stereocenters. The van der Waals surface area contributed by atoms with Crippen molar-refractivity contribution in [2.75, 3.05) is 39.3 Å². The second kappa shape index (κ2) is 7.26. The Morgan fingerprint density at radius 1 is 1.40 bits per heavy atom. The average molecular weight is 277 g/mol. The topological polar surface area (TPSA) is 64.6 Å². The minimum atomic E-state index is -0.124. The van der Waals surface area contributed by atoms with Crippen molar-refractivity contribution in [1.82, 2.24) is 15.5 Å². The second-order valence-electron chi connectivity index (χ2n) is 5.20. The number of phenolic OH excluding ortho intramolecular Hbond substituents is 1. The predicted molar refractivity (Wildman–Crippen MR) is 79.1 cm³/mol. The fraction of sp³-hybridized carbons (Fsp3) is 0.533. The number of nitrogens with one attached hydrogen (secondary N) is 2. The van der Waals surface area contributed by atoms with Gasteiger partial charge in [0.15, 0.2) is 0 Å². The first-order chi connectivity index (χ1) is 9.66. The molecule has 2 rings (SSSR count). The number of aromatic hydroxyl groups is 1. The molecular weight excluding hydrogens is 254 g/mol. The molecule has 3 N–H and O–H groups in total. The van der Waals surface area contributed by atoms with Gasteiger partial charge in [-0.2, -0.15) is 0 Å². The maximum atomic E-state index is 11.9. The molecule has 1 aliphatic heterocycles. The van der Waals surface area contributed by atoms with Crippen molar-refractivity contribution < 1.29 is 9.90 Å². The number of phenols is 1. The highest BCUT2D eigenvalue weighted by Gasteiger charge is 2.10. The van der Waals surface area contributed by atoms with Crippen molar-refractivity contribution in [3.8, 4) is 5.75 Å². The number of aryl methyl sites for hydroxylation is 1. The summed E-state index contributed by atoms with van der Waals surface area (Å²) < 4.78 is 0. The second-order valence-corrected chi connectivity index (χ2v) is 5.20. The van der Waals surface area contributed by atoms with E-state index in [1.165, 1.54) is 6.07 Å². The van der Waals surface area contributed by atoms with E-state index in [4.69, 9.17) is 0 Å². The van der Waals surface area contributed by atoms with E-state index in [9.17, 15) is 9.90 Å². The average Bonchev–Trinajstić information content (AvgIpc) is 2.47. The van der Waals surface area contributed by atoms with Gasteiger partial charge in [0.25, 0.3) is 5.91 Å². The molecule has 0 saturated carbocycles. The number of rotatable bonds is 5. The lowest BCUT2D eigenvalue weighted by atomic mass is 10.1. The Labute approximate surface area is 120 Å². The summed E-state index contributed by atoms with van der Waals surface area (Å²) in [4.78, 5) is 14.3. The van der Waals surface area contributed by atoms with Crippen LogP contribution in [-0.4, -0.2) is 55.2 Å². The maximum Gasteiger partial charge on any atom is 0.251 e. The molecule has 1 aromatic carbocycles. The molecule has 0 aliphatic carbocycles. The fourth-order valence-corrected chi connectivity index (χ4v) is 2.29. The van der Waals surface area contributed by atoms with Crippen LogP contribution in [0.5, 0.6) is 5.75 Å². The molecule has 0 spiro atoms. The molecule has 1 aromatic rings. The normalized spacial score (nSPS) is 16.1. The third kappa shape index (κ3) is 4.21. The van der Waals surface area contributed by atoms with Crippen molar-refractivity contribution in [3.63, 3.8) is 0 Å². The Morgan fingerprint density at radius 3 is 2.85 bits per heavy atom. The Kier molecular flexibility index (Phi) is 5.38. The van der Waals surface area contributed by atoms with Crippen LogP contribution >= 0.6 is 0 Å². The lowest BCUT2D eigenvalue weighted by molar-refractivity contribution is 0.0951. The summed E-state index contributed by atoms with van der Waals surface area (Å²) in [6, 6.07) is 5.01. The smallest absolute Gasteiger partial charge is 0.251 e. The molecule has 1 saturated heterocycles. The van der Waals surface area contributed by atoms with Gasteiger partial charge in [-0.3, -0.25) is 4.79 Å². The fourth-order valence-electron chi connectivity index (χ4n) is 2.29. The third-order valence-corrected chi connectivity index (χ3v) is 3.62. The molecule has 1 heterocycles. The summed E-state index contributed by atoms with van der Waals surface area (Å²) in [6.45, 7) is 7.76. The summed E-state index contributed by atoms with van der Waals surface area (Å²) in [5.74, 6) is 0.0408. The molecule has 0 aromatic heterocycles. The van der Waals surface area contributed by atoms with E-state index in [0.29, 0.717) is 12.1 Å². The first kappa shape index (κ1) is 14.8. The van der Waals surface area contributed by atoms with Gasteiger partial charge in [-0.15, -0.1) is 0 Å².